The minimum absolute atomic E-state index is 0.214. The monoisotopic (exact) mass is 409 g/mol. The van der Waals surface area contributed by atoms with E-state index in [1.54, 1.807) is 16.7 Å². The van der Waals surface area contributed by atoms with Gasteiger partial charge in [-0.05, 0) is 28.5 Å². The summed E-state index contributed by atoms with van der Waals surface area (Å²) in [5.74, 6) is 0.810. The van der Waals surface area contributed by atoms with Crippen LogP contribution < -0.4 is 5.32 Å². The van der Waals surface area contributed by atoms with Crippen LogP contribution in [0.5, 0.6) is 0 Å². The van der Waals surface area contributed by atoms with Crippen LogP contribution in [0.15, 0.2) is 53.5 Å². The largest absolute Gasteiger partial charge is 0.339 e. The van der Waals surface area contributed by atoms with Crippen LogP contribution in [0.2, 0.25) is 0 Å². The second-order valence-electron chi connectivity index (χ2n) is 6.62. The molecule has 0 saturated carbocycles. The molecular formula is C20H19N5OS2. The third-order valence-corrected chi connectivity index (χ3v) is 6.18. The van der Waals surface area contributed by atoms with Crippen LogP contribution in [-0.2, 0) is 0 Å². The van der Waals surface area contributed by atoms with E-state index in [-0.39, 0.29) is 11.9 Å². The number of thiazole rings is 1. The molecule has 0 fully saturated rings. The SMILES string of the molecule is CC(C)c1ccc(C(NC(=O)c2csc(-c3ncn[nH]3)n2)c2cccs2)cc1. The minimum Gasteiger partial charge on any atom is -0.339 e. The molecule has 8 heteroatoms. The molecule has 2 N–H and O–H groups in total. The van der Waals surface area contributed by atoms with Crippen molar-refractivity contribution in [2.75, 3.05) is 0 Å². The highest BCUT2D eigenvalue weighted by atomic mass is 32.1. The first-order valence-corrected chi connectivity index (χ1v) is 10.6. The highest BCUT2D eigenvalue weighted by molar-refractivity contribution is 7.13. The van der Waals surface area contributed by atoms with Gasteiger partial charge in [-0.15, -0.1) is 22.7 Å². The van der Waals surface area contributed by atoms with E-state index in [0.29, 0.717) is 22.4 Å². The van der Waals surface area contributed by atoms with E-state index >= 15 is 0 Å². The Bertz CT molecular complexity index is 1040. The lowest BCUT2D eigenvalue weighted by Gasteiger charge is -2.18. The number of benzene rings is 1. The number of hydrogen-bond donors (Lipinski definition) is 2. The second-order valence-corrected chi connectivity index (χ2v) is 8.45. The first kappa shape index (κ1) is 18.5. The summed E-state index contributed by atoms with van der Waals surface area (Å²) in [6.07, 6.45) is 1.42. The number of thiophene rings is 1. The molecule has 3 heterocycles. The Morgan fingerprint density at radius 3 is 2.54 bits per heavy atom. The minimum atomic E-state index is -0.218. The van der Waals surface area contributed by atoms with Gasteiger partial charge in [-0.1, -0.05) is 44.2 Å². The van der Waals surface area contributed by atoms with Crippen molar-refractivity contribution in [2.45, 2.75) is 25.8 Å². The fourth-order valence-electron chi connectivity index (χ4n) is 2.85. The molecule has 1 amide bonds. The smallest absolute Gasteiger partial charge is 0.271 e. The summed E-state index contributed by atoms with van der Waals surface area (Å²) in [5, 5.41) is 14.1. The van der Waals surface area contributed by atoms with Crippen molar-refractivity contribution in [2.24, 2.45) is 0 Å². The predicted molar refractivity (Wildman–Crippen MR) is 112 cm³/mol. The average molecular weight is 410 g/mol. The van der Waals surface area contributed by atoms with Crippen molar-refractivity contribution in [3.8, 4) is 10.8 Å². The number of nitrogens with one attached hydrogen (secondary N) is 2. The van der Waals surface area contributed by atoms with Gasteiger partial charge in [0.2, 0.25) is 0 Å². The standard InChI is InChI=1S/C20H19N5OS2/c1-12(2)13-5-7-14(8-6-13)17(16-4-3-9-27-16)24-19(26)15-10-28-20(23-15)18-21-11-22-25-18/h3-12,17H,1-2H3,(H,24,26)(H,21,22,25). The molecule has 1 aromatic carbocycles. The Balaban J connectivity index is 1.58. The van der Waals surface area contributed by atoms with E-state index in [4.69, 9.17) is 0 Å². The van der Waals surface area contributed by atoms with E-state index < -0.39 is 0 Å². The third-order valence-electron chi connectivity index (χ3n) is 4.39. The van der Waals surface area contributed by atoms with Gasteiger partial charge in [0.05, 0.1) is 6.04 Å². The number of rotatable bonds is 6. The van der Waals surface area contributed by atoms with Crippen molar-refractivity contribution in [1.29, 1.82) is 0 Å². The van der Waals surface area contributed by atoms with E-state index in [0.717, 1.165) is 10.4 Å². The lowest BCUT2D eigenvalue weighted by molar-refractivity contribution is 0.0939. The number of H-pyrrole nitrogens is 1. The number of aromatic amines is 1. The number of nitrogens with zero attached hydrogens (tertiary/aromatic N) is 3. The molecule has 1 atom stereocenters. The zero-order chi connectivity index (χ0) is 19.5. The third kappa shape index (κ3) is 3.88. The van der Waals surface area contributed by atoms with Crippen molar-refractivity contribution in [3.05, 3.63) is 75.2 Å². The van der Waals surface area contributed by atoms with Crippen LogP contribution in [0.3, 0.4) is 0 Å². The summed E-state index contributed by atoms with van der Waals surface area (Å²) in [4.78, 5) is 22.4. The molecule has 3 aromatic heterocycles. The first-order valence-electron chi connectivity index (χ1n) is 8.87. The quantitative estimate of drug-likeness (QED) is 0.486. The molecule has 1 unspecified atom stereocenters. The maximum atomic E-state index is 12.9. The van der Waals surface area contributed by atoms with Crippen LogP contribution in [0.25, 0.3) is 10.8 Å². The molecule has 0 aliphatic carbocycles. The highest BCUT2D eigenvalue weighted by Crippen LogP contribution is 2.28. The van der Waals surface area contributed by atoms with Gasteiger partial charge < -0.3 is 5.32 Å². The Kier molecular flexibility index (Phi) is 5.31. The summed E-state index contributed by atoms with van der Waals surface area (Å²) in [7, 11) is 0. The fourth-order valence-corrected chi connectivity index (χ4v) is 4.39. The second kappa shape index (κ2) is 8.04. The number of aromatic nitrogens is 4. The predicted octanol–water partition coefficient (Wildman–Crippen LogP) is 4.63. The Morgan fingerprint density at radius 1 is 1.11 bits per heavy atom. The molecule has 4 rings (SSSR count). The van der Waals surface area contributed by atoms with Crippen molar-refractivity contribution in [1.82, 2.24) is 25.5 Å². The molecule has 0 saturated heterocycles. The zero-order valence-electron chi connectivity index (χ0n) is 15.4. The Hall–Kier alpha value is -2.84. The lowest BCUT2D eigenvalue weighted by Crippen LogP contribution is -2.29. The molecule has 142 valence electrons. The first-order chi connectivity index (χ1) is 13.6. The van der Waals surface area contributed by atoms with Crippen LogP contribution in [-0.4, -0.2) is 26.1 Å². The van der Waals surface area contributed by atoms with Crippen molar-refractivity contribution in [3.63, 3.8) is 0 Å². The summed E-state index contributed by atoms with van der Waals surface area (Å²) >= 11 is 2.98. The molecule has 0 aliphatic heterocycles. The van der Waals surface area contributed by atoms with Gasteiger partial charge in [0.15, 0.2) is 10.8 Å². The van der Waals surface area contributed by atoms with Crippen molar-refractivity contribution < 1.29 is 4.79 Å². The number of carbonyl (C=O) groups excluding carboxylic acids is 1. The van der Waals surface area contributed by atoms with Crippen molar-refractivity contribution >= 4 is 28.6 Å². The van der Waals surface area contributed by atoms with Crippen LogP contribution >= 0.6 is 22.7 Å². The normalized spacial score (nSPS) is 12.2. The Morgan fingerprint density at radius 2 is 1.89 bits per heavy atom. The van der Waals surface area contributed by atoms with Crippen LogP contribution in [0.4, 0.5) is 0 Å². The van der Waals surface area contributed by atoms with Gasteiger partial charge in [0, 0.05) is 10.3 Å². The lowest BCUT2D eigenvalue weighted by atomic mass is 9.98. The molecule has 0 aliphatic rings. The summed E-state index contributed by atoms with van der Waals surface area (Å²) in [6.45, 7) is 4.34. The highest BCUT2D eigenvalue weighted by Gasteiger charge is 2.21. The van der Waals surface area contributed by atoms with Gasteiger partial charge in [0.25, 0.3) is 5.91 Å². The van der Waals surface area contributed by atoms with Gasteiger partial charge >= 0.3 is 0 Å². The molecule has 0 bridgehead atoms. The number of amides is 1. The Labute approximate surface area is 170 Å². The van der Waals surface area contributed by atoms with Gasteiger partial charge in [-0.2, -0.15) is 5.10 Å². The van der Waals surface area contributed by atoms with E-state index in [1.807, 2.05) is 17.5 Å². The molecule has 6 nitrogen and oxygen atoms in total. The molecular weight excluding hydrogens is 390 g/mol. The zero-order valence-corrected chi connectivity index (χ0v) is 17.1. The number of hydrogen-bond acceptors (Lipinski definition) is 6. The molecule has 28 heavy (non-hydrogen) atoms. The maximum absolute atomic E-state index is 12.9. The van der Waals surface area contributed by atoms with E-state index in [9.17, 15) is 4.79 Å². The summed E-state index contributed by atoms with van der Waals surface area (Å²) in [6, 6.07) is 12.2. The van der Waals surface area contributed by atoms with Crippen LogP contribution in [0.1, 0.15) is 52.3 Å². The fraction of sp³-hybridized carbons (Fsp3) is 0.200. The molecule has 0 radical (unpaired) electrons. The summed E-state index contributed by atoms with van der Waals surface area (Å²) in [5.41, 5.74) is 2.69. The molecule has 0 spiro atoms. The molecule has 4 aromatic rings. The number of carbonyl (C=O) groups is 1. The topological polar surface area (TPSA) is 83.6 Å². The van der Waals surface area contributed by atoms with Gasteiger partial charge in [0.1, 0.15) is 12.0 Å². The average Bonchev–Trinajstić information content (AvgIpc) is 3.47. The summed E-state index contributed by atoms with van der Waals surface area (Å²) < 4.78 is 0. The van der Waals surface area contributed by atoms with E-state index in [2.05, 4.69) is 63.6 Å². The van der Waals surface area contributed by atoms with Gasteiger partial charge in [-0.3, -0.25) is 9.89 Å². The van der Waals surface area contributed by atoms with E-state index in [1.165, 1.54) is 23.2 Å². The van der Waals surface area contributed by atoms with Gasteiger partial charge in [-0.25, -0.2) is 9.97 Å². The van der Waals surface area contributed by atoms with Crippen LogP contribution in [0, 0.1) is 0 Å². The maximum Gasteiger partial charge on any atom is 0.271 e.